The van der Waals surface area contributed by atoms with Crippen LogP contribution in [0.1, 0.15) is 29.5 Å². The number of ether oxygens (including phenoxy) is 1. The SMILES string of the molecule is Cc1cc(C)c(NC(=O)COC(=O)CCCN2C(=O)CN(C)C2=O)c(C)c1. The van der Waals surface area contributed by atoms with Crippen LogP contribution in [0, 0.1) is 20.8 Å². The van der Waals surface area contributed by atoms with Crippen molar-refractivity contribution < 1.29 is 23.9 Å². The molecule has 1 aliphatic rings. The summed E-state index contributed by atoms with van der Waals surface area (Å²) in [6.45, 7) is 5.62. The highest BCUT2D eigenvalue weighted by atomic mass is 16.5. The fraction of sp³-hybridized carbons (Fsp3) is 0.474. The number of amides is 4. The molecule has 0 radical (unpaired) electrons. The monoisotopic (exact) mass is 375 g/mol. The summed E-state index contributed by atoms with van der Waals surface area (Å²) in [5, 5.41) is 2.76. The Labute approximate surface area is 158 Å². The lowest BCUT2D eigenvalue weighted by Crippen LogP contribution is -2.32. The van der Waals surface area contributed by atoms with Gasteiger partial charge < -0.3 is 15.0 Å². The Balaban J connectivity index is 1.73. The van der Waals surface area contributed by atoms with E-state index in [-0.39, 0.29) is 38.1 Å². The number of benzene rings is 1. The highest BCUT2D eigenvalue weighted by Gasteiger charge is 2.32. The van der Waals surface area contributed by atoms with Gasteiger partial charge in [0, 0.05) is 25.7 Å². The minimum Gasteiger partial charge on any atom is -0.456 e. The summed E-state index contributed by atoms with van der Waals surface area (Å²) in [7, 11) is 1.55. The summed E-state index contributed by atoms with van der Waals surface area (Å²) in [6, 6.07) is 3.57. The van der Waals surface area contributed by atoms with Crippen molar-refractivity contribution in [2.45, 2.75) is 33.6 Å². The van der Waals surface area contributed by atoms with Gasteiger partial charge in [-0.3, -0.25) is 19.3 Å². The molecule has 1 saturated heterocycles. The Morgan fingerprint density at radius 2 is 1.78 bits per heavy atom. The molecule has 0 saturated carbocycles. The van der Waals surface area contributed by atoms with Gasteiger partial charge in [0.15, 0.2) is 6.61 Å². The highest BCUT2D eigenvalue weighted by Crippen LogP contribution is 2.21. The Kier molecular flexibility index (Phi) is 6.55. The highest BCUT2D eigenvalue weighted by molar-refractivity contribution is 6.01. The molecule has 1 fully saturated rings. The van der Waals surface area contributed by atoms with Crippen LogP contribution in [-0.2, 0) is 19.1 Å². The number of nitrogens with zero attached hydrogens (tertiary/aromatic N) is 2. The topological polar surface area (TPSA) is 96.0 Å². The average molecular weight is 375 g/mol. The molecule has 1 N–H and O–H groups in total. The molecule has 8 nitrogen and oxygen atoms in total. The van der Waals surface area contributed by atoms with Gasteiger partial charge >= 0.3 is 12.0 Å². The number of aryl methyl sites for hydroxylation is 3. The molecule has 2 rings (SSSR count). The molecule has 0 atom stereocenters. The number of nitrogens with one attached hydrogen (secondary N) is 1. The van der Waals surface area contributed by atoms with Gasteiger partial charge in [-0.25, -0.2) is 4.79 Å². The third-order valence-electron chi connectivity index (χ3n) is 4.30. The zero-order chi connectivity index (χ0) is 20.1. The van der Waals surface area contributed by atoms with Crippen molar-refractivity contribution in [3.05, 3.63) is 28.8 Å². The van der Waals surface area contributed by atoms with Crippen molar-refractivity contribution >= 4 is 29.5 Å². The third-order valence-corrected chi connectivity index (χ3v) is 4.30. The van der Waals surface area contributed by atoms with Gasteiger partial charge in [0.2, 0.25) is 5.91 Å². The number of carbonyl (C=O) groups excluding carboxylic acids is 4. The minimum atomic E-state index is -0.546. The molecule has 0 spiro atoms. The molecule has 27 heavy (non-hydrogen) atoms. The van der Waals surface area contributed by atoms with E-state index < -0.39 is 11.9 Å². The maximum atomic E-state index is 12.0. The summed E-state index contributed by atoms with van der Waals surface area (Å²) in [4.78, 5) is 49.6. The number of anilines is 1. The maximum absolute atomic E-state index is 12.0. The van der Waals surface area contributed by atoms with E-state index in [1.54, 1.807) is 7.05 Å². The second-order valence-corrected chi connectivity index (χ2v) is 6.77. The first kappa shape index (κ1) is 20.4. The van der Waals surface area contributed by atoms with E-state index in [0.717, 1.165) is 27.3 Å². The maximum Gasteiger partial charge on any atom is 0.326 e. The van der Waals surface area contributed by atoms with Crippen LogP contribution in [0.25, 0.3) is 0 Å². The van der Waals surface area contributed by atoms with Crippen LogP contribution >= 0.6 is 0 Å². The molecule has 1 aromatic carbocycles. The molecular formula is C19H25N3O5. The van der Waals surface area contributed by atoms with Crippen molar-refractivity contribution in [2.75, 3.05) is 32.1 Å². The van der Waals surface area contributed by atoms with Crippen LogP contribution in [-0.4, -0.2) is 60.4 Å². The van der Waals surface area contributed by atoms with E-state index in [1.165, 1.54) is 4.90 Å². The number of hydrogen-bond acceptors (Lipinski definition) is 5. The average Bonchev–Trinajstić information content (AvgIpc) is 2.82. The summed E-state index contributed by atoms with van der Waals surface area (Å²) in [6.07, 6.45) is 0.318. The van der Waals surface area contributed by atoms with Crippen LogP contribution in [0.5, 0.6) is 0 Å². The smallest absolute Gasteiger partial charge is 0.326 e. The van der Waals surface area contributed by atoms with Gasteiger partial charge in [-0.1, -0.05) is 17.7 Å². The van der Waals surface area contributed by atoms with Crippen LogP contribution < -0.4 is 5.32 Å². The number of esters is 1. The third kappa shape index (κ3) is 5.29. The number of imide groups is 1. The largest absolute Gasteiger partial charge is 0.456 e. The molecule has 8 heteroatoms. The summed E-state index contributed by atoms with van der Waals surface area (Å²) >= 11 is 0. The second kappa shape index (κ2) is 8.66. The zero-order valence-corrected chi connectivity index (χ0v) is 16.1. The molecule has 0 aromatic heterocycles. The molecule has 1 aromatic rings. The Hall–Kier alpha value is -2.90. The number of urea groups is 1. The lowest BCUT2D eigenvalue weighted by Gasteiger charge is -2.14. The van der Waals surface area contributed by atoms with Gasteiger partial charge in [0.25, 0.3) is 5.91 Å². The fourth-order valence-corrected chi connectivity index (χ4v) is 3.04. The van der Waals surface area contributed by atoms with E-state index >= 15 is 0 Å². The summed E-state index contributed by atoms with van der Waals surface area (Å²) in [5.74, 6) is -1.24. The summed E-state index contributed by atoms with van der Waals surface area (Å²) < 4.78 is 4.97. The fourth-order valence-electron chi connectivity index (χ4n) is 3.04. The van der Waals surface area contributed by atoms with Crippen molar-refractivity contribution in [3.8, 4) is 0 Å². The molecule has 1 heterocycles. The first-order valence-electron chi connectivity index (χ1n) is 8.78. The Bertz CT molecular complexity index is 752. The molecule has 1 aliphatic heterocycles. The Morgan fingerprint density at radius 3 is 2.33 bits per heavy atom. The standard InChI is InChI=1S/C19H25N3O5/c1-12-8-13(2)18(14(3)9-12)20-15(23)11-27-17(25)6-5-7-22-16(24)10-21(4)19(22)26/h8-9H,5-7,10-11H2,1-4H3,(H,20,23). The van der Waals surface area contributed by atoms with Crippen molar-refractivity contribution in [3.63, 3.8) is 0 Å². The predicted molar refractivity (Wildman–Crippen MR) is 99.2 cm³/mol. The van der Waals surface area contributed by atoms with E-state index in [9.17, 15) is 19.2 Å². The van der Waals surface area contributed by atoms with Gasteiger partial charge in [0.05, 0.1) is 0 Å². The van der Waals surface area contributed by atoms with Crippen molar-refractivity contribution in [1.82, 2.24) is 9.80 Å². The van der Waals surface area contributed by atoms with Gasteiger partial charge in [-0.05, 0) is 38.3 Å². The molecule has 4 amide bonds. The van der Waals surface area contributed by atoms with Gasteiger partial charge in [-0.2, -0.15) is 0 Å². The number of hydrogen-bond donors (Lipinski definition) is 1. The van der Waals surface area contributed by atoms with E-state index in [4.69, 9.17) is 4.74 Å². The van der Waals surface area contributed by atoms with Crippen molar-refractivity contribution in [2.24, 2.45) is 0 Å². The molecule has 146 valence electrons. The molecule has 0 unspecified atom stereocenters. The first-order chi connectivity index (χ1) is 12.7. The van der Waals surface area contributed by atoms with Crippen LogP contribution in [0.4, 0.5) is 10.5 Å². The minimum absolute atomic E-state index is 0.0244. The van der Waals surface area contributed by atoms with E-state index in [2.05, 4.69) is 5.32 Å². The van der Waals surface area contributed by atoms with E-state index in [1.807, 2.05) is 32.9 Å². The second-order valence-electron chi connectivity index (χ2n) is 6.77. The molecular weight excluding hydrogens is 350 g/mol. The van der Waals surface area contributed by atoms with Crippen LogP contribution in [0.3, 0.4) is 0 Å². The quantitative estimate of drug-likeness (QED) is 0.579. The Morgan fingerprint density at radius 1 is 1.15 bits per heavy atom. The van der Waals surface area contributed by atoms with Crippen LogP contribution in [0.2, 0.25) is 0 Å². The van der Waals surface area contributed by atoms with Gasteiger partial charge in [0.1, 0.15) is 6.54 Å². The normalized spacial score (nSPS) is 13.9. The summed E-state index contributed by atoms with van der Waals surface area (Å²) in [5.41, 5.74) is 3.71. The zero-order valence-electron chi connectivity index (χ0n) is 16.1. The molecule has 0 aliphatic carbocycles. The first-order valence-corrected chi connectivity index (χ1v) is 8.78. The van der Waals surface area contributed by atoms with Crippen molar-refractivity contribution in [1.29, 1.82) is 0 Å². The predicted octanol–water partition coefficient (Wildman–Crippen LogP) is 1.77. The lowest BCUT2D eigenvalue weighted by molar-refractivity contribution is -0.147. The number of likely N-dealkylation sites (N-methyl/N-ethyl adjacent to an activating group) is 1. The number of rotatable bonds is 7. The lowest BCUT2D eigenvalue weighted by atomic mass is 10.1. The number of carbonyl (C=O) groups is 4. The van der Waals surface area contributed by atoms with Crippen LogP contribution in [0.15, 0.2) is 12.1 Å². The van der Waals surface area contributed by atoms with E-state index in [0.29, 0.717) is 6.42 Å². The van der Waals surface area contributed by atoms with Gasteiger partial charge in [-0.15, -0.1) is 0 Å². The molecule has 0 bridgehead atoms.